The number of benzene rings is 1. The quantitative estimate of drug-likeness (QED) is 0.0191. The molecule has 0 radical (unpaired) electrons. The van der Waals surface area contributed by atoms with Gasteiger partial charge >= 0.3 is 11.6 Å². The van der Waals surface area contributed by atoms with Crippen LogP contribution in [-0.4, -0.2) is 139 Å². The molecule has 59 heavy (non-hydrogen) atoms. The van der Waals surface area contributed by atoms with Crippen molar-refractivity contribution in [3.63, 3.8) is 0 Å². The van der Waals surface area contributed by atoms with Gasteiger partial charge in [0.1, 0.15) is 19.0 Å². The fourth-order valence-corrected chi connectivity index (χ4v) is 4.62. The molecule has 0 aliphatic carbocycles. The van der Waals surface area contributed by atoms with E-state index in [1.807, 2.05) is 6.92 Å². The van der Waals surface area contributed by atoms with Crippen LogP contribution in [0.5, 0.6) is 11.5 Å². The summed E-state index contributed by atoms with van der Waals surface area (Å²) < 4.78 is 65.3. The van der Waals surface area contributed by atoms with Crippen molar-refractivity contribution in [1.29, 1.82) is 0 Å². The van der Waals surface area contributed by atoms with Crippen LogP contribution in [0.1, 0.15) is 5.56 Å². The number of rotatable bonds is 29. The zero-order valence-corrected chi connectivity index (χ0v) is 32.9. The third kappa shape index (κ3) is 26.0. The lowest BCUT2D eigenvalue weighted by molar-refractivity contribution is -0.390. The molecular weight excluding hydrogens is 808 g/mol. The summed E-state index contributed by atoms with van der Waals surface area (Å²) in [5, 5.41) is 36.2. The minimum absolute atomic E-state index is 0.0568. The highest BCUT2D eigenvalue weighted by Gasteiger charge is 2.16. The number of ether oxygens (including phenoxy) is 7. The van der Waals surface area contributed by atoms with Gasteiger partial charge in [0.25, 0.3) is 10.1 Å². The maximum Gasteiger partial charge on any atom is 0.406 e. The van der Waals surface area contributed by atoms with Crippen LogP contribution in [0.4, 0.5) is 11.6 Å². The van der Waals surface area contributed by atoms with Crippen LogP contribution in [0, 0.1) is 27.2 Å². The van der Waals surface area contributed by atoms with E-state index >= 15 is 0 Å². The predicted octanol–water partition coefficient (Wildman–Crippen LogP) is 4.48. The van der Waals surface area contributed by atoms with E-state index in [1.165, 1.54) is 42.7 Å². The van der Waals surface area contributed by atoms with Gasteiger partial charge in [-0.05, 0) is 74.2 Å². The monoisotopic (exact) mass is 854 g/mol. The number of aryl methyl sites for hydroxylation is 1. The highest BCUT2D eigenvalue weighted by molar-refractivity contribution is 7.86. The second-order valence-corrected chi connectivity index (χ2v) is 12.3. The van der Waals surface area contributed by atoms with Crippen LogP contribution >= 0.6 is 0 Å². The first kappa shape index (κ1) is 51.2. The Hall–Kier alpha value is -5.79. The van der Waals surface area contributed by atoms with Gasteiger partial charge in [-0.15, -0.1) is 0 Å². The van der Waals surface area contributed by atoms with Gasteiger partial charge in [-0.1, -0.05) is 27.9 Å². The molecule has 324 valence electrons. The van der Waals surface area contributed by atoms with Crippen molar-refractivity contribution in [1.82, 2.24) is 9.97 Å². The van der Waals surface area contributed by atoms with Crippen LogP contribution in [0.15, 0.2) is 76.0 Å². The summed E-state index contributed by atoms with van der Waals surface area (Å²) in [6.07, 6.45) is 2.58. The van der Waals surface area contributed by atoms with E-state index in [9.17, 15) is 28.6 Å². The zero-order valence-electron chi connectivity index (χ0n) is 32.1. The maximum absolute atomic E-state index is 11.9. The molecule has 2 aromatic heterocycles. The first-order valence-electron chi connectivity index (χ1n) is 17.5. The van der Waals surface area contributed by atoms with Crippen molar-refractivity contribution in [3.8, 4) is 11.5 Å². The van der Waals surface area contributed by atoms with Crippen LogP contribution in [0.2, 0.25) is 0 Å². The molecule has 3 rings (SSSR count). The Kier molecular flexibility index (Phi) is 28.8. The predicted molar refractivity (Wildman–Crippen MR) is 206 cm³/mol. The molecule has 0 saturated carbocycles. The fraction of sp³-hybridized carbons (Fsp3) is 0.515. The molecule has 25 nitrogen and oxygen atoms in total. The van der Waals surface area contributed by atoms with Gasteiger partial charge in [0.2, 0.25) is 11.5 Å². The Morgan fingerprint density at radius 3 is 1.51 bits per heavy atom. The van der Waals surface area contributed by atoms with Crippen molar-refractivity contribution >= 4 is 21.8 Å². The standard InChI is InChI=1S/C15H23N3O6S.C13H19N5O6.C5H4N2O3/c1-14-2-4-15(5-3-14)25(19,20)24-13-12-23-11-10-22-9-8-21-7-6-17-18-16;14-17-16-4-5-21-6-7-22-8-9-23-10-11-24-12-2-1-3-15-13(12)18(19)20;8-4-2-1-3-6-5(4)7(9)10/h2-5H,6-13H2,1H3;1-3H,4-11H2;1-3,8H. The SMILES string of the molecule is Cc1ccc(S(=O)(=O)OCCOCCOCCOCCN=[N+]=[N-])cc1.O=[N+]([O-])c1ncccc1O.[N-]=[N+]=NCCOCCOCCOCCOc1cccnc1[N+](=O)[O-]. The molecule has 0 aliphatic rings. The molecule has 26 heteroatoms. The lowest BCUT2D eigenvalue weighted by Gasteiger charge is -2.08. The van der Waals surface area contributed by atoms with Crippen molar-refractivity contribution in [2.75, 3.05) is 106 Å². The molecule has 0 bridgehead atoms. The lowest BCUT2D eigenvalue weighted by atomic mass is 10.2. The van der Waals surface area contributed by atoms with Crippen LogP contribution in [-0.2, 0) is 42.7 Å². The third-order valence-corrected chi connectivity index (χ3v) is 7.74. The second-order valence-electron chi connectivity index (χ2n) is 10.7. The Balaban J connectivity index is 0.000000479. The van der Waals surface area contributed by atoms with E-state index < -0.39 is 31.5 Å². The number of azide groups is 2. The summed E-state index contributed by atoms with van der Waals surface area (Å²) in [6, 6.07) is 12.1. The summed E-state index contributed by atoms with van der Waals surface area (Å²) in [6.45, 7) is 6.83. The Morgan fingerprint density at radius 1 is 0.644 bits per heavy atom. The molecule has 3 aromatic rings. The number of nitro groups is 2. The molecule has 0 aliphatic heterocycles. The summed E-state index contributed by atoms with van der Waals surface area (Å²) in [5.74, 6) is -1.13. The van der Waals surface area contributed by atoms with E-state index in [0.29, 0.717) is 79.2 Å². The zero-order chi connectivity index (χ0) is 43.4. The highest BCUT2D eigenvalue weighted by atomic mass is 32.2. The number of aromatic nitrogens is 2. The molecule has 0 atom stereocenters. The van der Waals surface area contributed by atoms with Crippen LogP contribution < -0.4 is 4.74 Å². The molecule has 0 unspecified atom stereocenters. The van der Waals surface area contributed by atoms with Crippen molar-refractivity contribution in [3.05, 3.63) is 108 Å². The van der Waals surface area contributed by atoms with Gasteiger partial charge < -0.3 is 58.5 Å². The van der Waals surface area contributed by atoms with E-state index in [0.717, 1.165) is 5.56 Å². The number of aromatic hydroxyl groups is 1. The van der Waals surface area contributed by atoms with E-state index in [4.69, 9.17) is 53.5 Å². The third-order valence-electron chi connectivity index (χ3n) is 6.41. The largest absolute Gasteiger partial charge is 0.501 e. The van der Waals surface area contributed by atoms with Gasteiger partial charge in [0, 0.05) is 22.9 Å². The molecular formula is C33H46N10O15S. The normalized spacial score (nSPS) is 10.5. The number of nitrogens with zero attached hydrogens (tertiary/aromatic N) is 10. The van der Waals surface area contributed by atoms with Gasteiger partial charge in [-0.25, -0.2) is 0 Å². The average molecular weight is 855 g/mol. The van der Waals surface area contributed by atoms with Gasteiger partial charge in [-0.2, -0.15) is 8.42 Å². The van der Waals surface area contributed by atoms with Crippen molar-refractivity contribution in [2.24, 2.45) is 10.2 Å². The molecule has 0 spiro atoms. The molecule has 0 saturated heterocycles. The average Bonchev–Trinajstić information content (AvgIpc) is 3.22. The Morgan fingerprint density at radius 2 is 1.07 bits per heavy atom. The van der Waals surface area contributed by atoms with Crippen molar-refractivity contribution < 1.29 is 60.7 Å². The fourth-order valence-electron chi connectivity index (χ4n) is 3.73. The maximum atomic E-state index is 11.9. The Labute approximate surface area is 338 Å². The molecule has 0 amide bonds. The van der Waals surface area contributed by atoms with Crippen LogP contribution in [0.25, 0.3) is 20.9 Å². The second kappa shape index (κ2) is 33.2. The highest BCUT2D eigenvalue weighted by Crippen LogP contribution is 2.22. The smallest absolute Gasteiger partial charge is 0.406 e. The topological polar surface area (TPSA) is 338 Å². The lowest BCUT2D eigenvalue weighted by Crippen LogP contribution is -2.14. The number of pyridine rings is 2. The number of hydrogen-bond acceptors (Lipinski definition) is 19. The van der Waals surface area contributed by atoms with Crippen molar-refractivity contribution in [2.45, 2.75) is 11.8 Å². The minimum atomic E-state index is -3.75. The molecule has 1 N–H and O–H groups in total. The van der Waals surface area contributed by atoms with E-state index in [1.54, 1.807) is 18.2 Å². The van der Waals surface area contributed by atoms with Gasteiger partial charge in [-0.3, -0.25) is 4.18 Å². The van der Waals surface area contributed by atoms with E-state index in [-0.39, 0.29) is 42.9 Å². The summed E-state index contributed by atoms with van der Waals surface area (Å²) in [7, 11) is -3.75. The molecule has 2 heterocycles. The van der Waals surface area contributed by atoms with E-state index in [2.05, 4.69) is 30.0 Å². The Bertz CT molecular complexity index is 1830. The first-order chi connectivity index (χ1) is 28.5. The minimum Gasteiger partial charge on any atom is -0.501 e. The van der Waals surface area contributed by atoms with Gasteiger partial charge in [0.15, 0.2) is 0 Å². The first-order valence-corrected chi connectivity index (χ1v) is 18.9. The number of hydrogen-bond donors (Lipinski definition) is 1. The summed E-state index contributed by atoms with van der Waals surface area (Å²) in [5.41, 5.74) is 17.1. The van der Waals surface area contributed by atoms with Crippen LogP contribution in [0.3, 0.4) is 0 Å². The summed E-state index contributed by atoms with van der Waals surface area (Å²) >= 11 is 0. The summed E-state index contributed by atoms with van der Waals surface area (Å²) in [4.78, 5) is 31.7. The molecule has 1 aromatic carbocycles. The van der Waals surface area contributed by atoms with Gasteiger partial charge in [0.05, 0.1) is 90.8 Å². The molecule has 0 fully saturated rings.